The van der Waals surface area contributed by atoms with Gasteiger partial charge in [0.2, 0.25) is 0 Å². The highest BCUT2D eigenvalue weighted by molar-refractivity contribution is 5.09. The van der Waals surface area contributed by atoms with Crippen LogP contribution in [0.15, 0.2) is 36.8 Å². The average Bonchev–Trinajstić information content (AvgIpc) is 2.66. The molecule has 0 aliphatic carbocycles. The van der Waals surface area contributed by atoms with Crippen molar-refractivity contribution in [1.82, 2.24) is 19.7 Å². The molecule has 0 amide bonds. The van der Waals surface area contributed by atoms with Gasteiger partial charge in [0.1, 0.15) is 0 Å². The predicted octanol–water partition coefficient (Wildman–Crippen LogP) is 1.45. The van der Waals surface area contributed by atoms with Gasteiger partial charge in [0, 0.05) is 38.7 Å². The molecule has 84 valence electrons. The molecule has 0 aromatic carbocycles. The predicted molar refractivity (Wildman–Crippen MR) is 62.6 cm³/mol. The maximum atomic E-state index is 4.16. The number of rotatable bonds is 4. The van der Waals surface area contributed by atoms with E-state index in [-0.39, 0.29) is 0 Å². The topological polar surface area (TPSA) is 34.0 Å². The molecule has 16 heavy (non-hydrogen) atoms. The van der Waals surface area contributed by atoms with E-state index < -0.39 is 0 Å². The Balaban J connectivity index is 1.95. The summed E-state index contributed by atoms with van der Waals surface area (Å²) < 4.78 is 1.91. The third kappa shape index (κ3) is 2.67. The summed E-state index contributed by atoms with van der Waals surface area (Å²) in [6.07, 6.45) is 5.48. The number of hydrogen-bond acceptors (Lipinski definition) is 3. The number of aryl methyl sites for hydroxylation is 1. The fourth-order valence-electron chi connectivity index (χ4n) is 1.69. The highest BCUT2D eigenvalue weighted by Crippen LogP contribution is 2.06. The van der Waals surface area contributed by atoms with Gasteiger partial charge in [0.05, 0.1) is 5.69 Å². The highest BCUT2D eigenvalue weighted by atomic mass is 15.3. The number of nitrogens with zero attached hydrogens (tertiary/aromatic N) is 4. The van der Waals surface area contributed by atoms with E-state index in [1.165, 1.54) is 11.3 Å². The molecule has 2 aromatic heterocycles. The first-order valence-corrected chi connectivity index (χ1v) is 5.30. The van der Waals surface area contributed by atoms with Crippen LogP contribution in [-0.4, -0.2) is 26.7 Å². The first kappa shape index (κ1) is 10.8. The van der Waals surface area contributed by atoms with Crippen molar-refractivity contribution >= 4 is 0 Å². The Morgan fingerprint density at radius 2 is 1.88 bits per heavy atom. The molecule has 0 radical (unpaired) electrons. The highest BCUT2D eigenvalue weighted by Gasteiger charge is 2.04. The van der Waals surface area contributed by atoms with E-state index in [1.54, 1.807) is 0 Å². The average molecular weight is 216 g/mol. The van der Waals surface area contributed by atoms with Crippen molar-refractivity contribution in [2.75, 3.05) is 7.05 Å². The van der Waals surface area contributed by atoms with Gasteiger partial charge in [-0.05, 0) is 30.8 Å². The minimum absolute atomic E-state index is 0.902. The monoisotopic (exact) mass is 216 g/mol. The molecule has 2 rings (SSSR count). The van der Waals surface area contributed by atoms with Crippen molar-refractivity contribution in [3.8, 4) is 0 Å². The van der Waals surface area contributed by atoms with E-state index in [0.29, 0.717) is 0 Å². The second-order valence-corrected chi connectivity index (χ2v) is 3.97. The summed E-state index contributed by atoms with van der Waals surface area (Å²) in [6.45, 7) is 1.83. The largest absolute Gasteiger partial charge is 0.296 e. The standard InChI is InChI=1S/C12H16N4/c1-15(9-11-3-6-13-7-4-11)10-12-5-8-14-16(12)2/h3-8H,9-10H2,1-2H3. The molecule has 4 nitrogen and oxygen atoms in total. The summed E-state index contributed by atoms with van der Waals surface area (Å²) in [6, 6.07) is 6.13. The molecular formula is C12H16N4. The van der Waals surface area contributed by atoms with Crippen molar-refractivity contribution in [2.24, 2.45) is 7.05 Å². The Labute approximate surface area is 95.5 Å². The first-order valence-electron chi connectivity index (χ1n) is 5.30. The van der Waals surface area contributed by atoms with Crippen molar-refractivity contribution in [3.63, 3.8) is 0 Å². The molecule has 0 aliphatic heterocycles. The van der Waals surface area contributed by atoms with Gasteiger partial charge in [-0.1, -0.05) is 0 Å². The smallest absolute Gasteiger partial charge is 0.0521 e. The molecule has 0 bridgehead atoms. The van der Waals surface area contributed by atoms with Gasteiger partial charge in [0.25, 0.3) is 0 Å². The number of pyridine rings is 1. The zero-order chi connectivity index (χ0) is 11.4. The maximum Gasteiger partial charge on any atom is 0.0521 e. The van der Waals surface area contributed by atoms with Crippen LogP contribution in [0.2, 0.25) is 0 Å². The molecule has 2 heterocycles. The van der Waals surface area contributed by atoms with Crippen LogP contribution in [0.25, 0.3) is 0 Å². The zero-order valence-electron chi connectivity index (χ0n) is 9.67. The Hall–Kier alpha value is -1.68. The van der Waals surface area contributed by atoms with Crippen LogP contribution < -0.4 is 0 Å². The second kappa shape index (κ2) is 4.90. The molecule has 0 N–H and O–H groups in total. The Morgan fingerprint density at radius 1 is 1.12 bits per heavy atom. The summed E-state index contributed by atoms with van der Waals surface area (Å²) in [5, 5.41) is 4.16. The number of aromatic nitrogens is 3. The normalized spacial score (nSPS) is 10.9. The summed E-state index contributed by atoms with van der Waals surface area (Å²) in [5.74, 6) is 0. The molecule has 0 atom stereocenters. The quantitative estimate of drug-likeness (QED) is 0.775. The summed E-state index contributed by atoms with van der Waals surface area (Å²) >= 11 is 0. The molecule has 4 heteroatoms. The van der Waals surface area contributed by atoms with E-state index in [9.17, 15) is 0 Å². The van der Waals surface area contributed by atoms with Gasteiger partial charge in [0.15, 0.2) is 0 Å². The van der Waals surface area contributed by atoms with Crippen molar-refractivity contribution < 1.29 is 0 Å². The van der Waals surface area contributed by atoms with Crippen LogP contribution in [0.1, 0.15) is 11.3 Å². The van der Waals surface area contributed by atoms with E-state index in [4.69, 9.17) is 0 Å². The van der Waals surface area contributed by atoms with Gasteiger partial charge < -0.3 is 0 Å². The molecule has 2 aromatic rings. The van der Waals surface area contributed by atoms with E-state index in [1.807, 2.05) is 48.5 Å². The summed E-state index contributed by atoms with van der Waals surface area (Å²) in [4.78, 5) is 6.27. The Kier molecular flexibility index (Phi) is 3.31. The van der Waals surface area contributed by atoms with Gasteiger partial charge in [-0.2, -0.15) is 5.10 Å². The summed E-state index contributed by atoms with van der Waals surface area (Å²) in [7, 11) is 4.07. The lowest BCUT2D eigenvalue weighted by Gasteiger charge is -2.16. The fraction of sp³-hybridized carbons (Fsp3) is 0.333. The third-order valence-corrected chi connectivity index (χ3v) is 2.56. The minimum atomic E-state index is 0.902. The van der Waals surface area contributed by atoms with Crippen molar-refractivity contribution in [1.29, 1.82) is 0 Å². The van der Waals surface area contributed by atoms with Crippen LogP contribution in [0.3, 0.4) is 0 Å². The zero-order valence-corrected chi connectivity index (χ0v) is 9.67. The molecule has 0 saturated heterocycles. The molecule has 0 unspecified atom stereocenters. The van der Waals surface area contributed by atoms with Crippen molar-refractivity contribution in [2.45, 2.75) is 13.1 Å². The van der Waals surface area contributed by atoms with Crippen LogP contribution in [0, 0.1) is 0 Å². The molecule has 0 aliphatic rings. The van der Waals surface area contributed by atoms with Gasteiger partial charge in [-0.15, -0.1) is 0 Å². The van der Waals surface area contributed by atoms with E-state index in [0.717, 1.165) is 13.1 Å². The minimum Gasteiger partial charge on any atom is -0.296 e. The summed E-state index contributed by atoms with van der Waals surface area (Å²) in [5.41, 5.74) is 2.50. The van der Waals surface area contributed by atoms with Crippen LogP contribution >= 0.6 is 0 Å². The van der Waals surface area contributed by atoms with Gasteiger partial charge >= 0.3 is 0 Å². The van der Waals surface area contributed by atoms with Crippen LogP contribution in [0.5, 0.6) is 0 Å². The molecule has 0 fully saturated rings. The Morgan fingerprint density at radius 3 is 2.50 bits per heavy atom. The van der Waals surface area contributed by atoms with E-state index >= 15 is 0 Å². The molecule has 0 saturated carbocycles. The lowest BCUT2D eigenvalue weighted by atomic mass is 10.2. The Bertz CT molecular complexity index is 435. The van der Waals surface area contributed by atoms with Crippen LogP contribution in [0.4, 0.5) is 0 Å². The molecule has 0 spiro atoms. The third-order valence-electron chi connectivity index (χ3n) is 2.56. The van der Waals surface area contributed by atoms with Crippen molar-refractivity contribution in [3.05, 3.63) is 48.0 Å². The number of hydrogen-bond donors (Lipinski definition) is 0. The van der Waals surface area contributed by atoms with E-state index in [2.05, 4.69) is 22.0 Å². The first-order chi connectivity index (χ1) is 7.75. The SMILES string of the molecule is CN(Cc1ccncc1)Cc1ccnn1C. The molecular weight excluding hydrogens is 200 g/mol. The maximum absolute atomic E-state index is 4.16. The lowest BCUT2D eigenvalue weighted by Crippen LogP contribution is -2.19. The van der Waals surface area contributed by atoms with Gasteiger partial charge in [-0.3, -0.25) is 14.6 Å². The fourth-order valence-corrected chi connectivity index (χ4v) is 1.69. The second-order valence-electron chi connectivity index (χ2n) is 3.97. The lowest BCUT2D eigenvalue weighted by molar-refractivity contribution is 0.309. The van der Waals surface area contributed by atoms with Gasteiger partial charge in [-0.25, -0.2) is 0 Å². The van der Waals surface area contributed by atoms with Crippen LogP contribution in [-0.2, 0) is 20.1 Å².